The molecule has 26 heavy (non-hydrogen) atoms. The Morgan fingerprint density at radius 1 is 1.15 bits per heavy atom. The summed E-state index contributed by atoms with van der Waals surface area (Å²) in [7, 11) is -0.643. The van der Waals surface area contributed by atoms with Crippen molar-refractivity contribution >= 4 is 39.3 Å². The van der Waals surface area contributed by atoms with Crippen LogP contribution in [0.3, 0.4) is 0 Å². The van der Waals surface area contributed by atoms with E-state index in [1.807, 2.05) is 24.3 Å². The fourth-order valence-electron chi connectivity index (χ4n) is 2.16. The third-order valence-corrected chi connectivity index (χ3v) is 6.64. The van der Waals surface area contributed by atoms with Gasteiger partial charge in [0.15, 0.2) is 0 Å². The highest BCUT2D eigenvalue weighted by atomic mass is 35.5. The van der Waals surface area contributed by atoms with Crippen LogP contribution in [0.15, 0.2) is 53.4 Å². The van der Waals surface area contributed by atoms with Crippen LogP contribution >= 0.6 is 23.4 Å². The molecule has 0 aliphatic heterocycles. The molecule has 0 aliphatic carbocycles. The number of benzene rings is 2. The summed E-state index contributed by atoms with van der Waals surface area (Å²) in [6.45, 7) is 0.495. The first-order chi connectivity index (χ1) is 12.3. The fraction of sp³-hybridized carbons (Fsp3) is 0.278. The zero-order valence-electron chi connectivity index (χ0n) is 14.6. The number of hydrogen-bond donors (Lipinski definition) is 1. The lowest BCUT2D eigenvalue weighted by atomic mass is 10.2. The first kappa shape index (κ1) is 20.8. The molecule has 0 radical (unpaired) electrons. The van der Waals surface area contributed by atoms with E-state index in [1.54, 1.807) is 23.9 Å². The number of sulfonamides is 1. The zero-order valence-corrected chi connectivity index (χ0v) is 17.0. The smallest absolute Gasteiger partial charge is 0.251 e. The van der Waals surface area contributed by atoms with Crippen LogP contribution in [0, 0.1) is 0 Å². The van der Waals surface area contributed by atoms with Crippen molar-refractivity contribution in [1.29, 1.82) is 0 Å². The molecule has 0 unspecified atom stereocenters. The van der Waals surface area contributed by atoms with Gasteiger partial charge in [-0.15, -0.1) is 0 Å². The maximum absolute atomic E-state index is 12.2. The van der Waals surface area contributed by atoms with Crippen molar-refractivity contribution in [2.75, 3.05) is 26.4 Å². The number of rotatable bonds is 8. The van der Waals surface area contributed by atoms with E-state index in [0.717, 1.165) is 21.4 Å². The molecule has 5 nitrogen and oxygen atoms in total. The zero-order chi connectivity index (χ0) is 19.2. The van der Waals surface area contributed by atoms with Crippen molar-refractivity contribution in [2.45, 2.75) is 10.6 Å². The van der Waals surface area contributed by atoms with Crippen molar-refractivity contribution in [3.05, 3.63) is 64.7 Å². The van der Waals surface area contributed by atoms with Gasteiger partial charge in [0.2, 0.25) is 10.0 Å². The van der Waals surface area contributed by atoms with Gasteiger partial charge in [-0.3, -0.25) is 4.79 Å². The maximum atomic E-state index is 12.2. The third kappa shape index (κ3) is 5.74. The van der Waals surface area contributed by atoms with Crippen LogP contribution in [0.25, 0.3) is 0 Å². The molecule has 0 fully saturated rings. The lowest BCUT2D eigenvalue weighted by Gasteiger charge is -2.12. The van der Waals surface area contributed by atoms with E-state index in [1.165, 1.54) is 26.2 Å². The third-order valence-electron chi connectivity index (χ3n) is 3.56. The summed E-state index contributed by atoms with van der Waals surface area (Å²) in [5.41, 5.74) is 1.46. The number of nitrogens with zero attached hydrogens (tertiary/aromatic N) is 1. The van der Waals surface area contributed by atoms with Crippen LogP contribution in [0.5, 0.6) is 0 Å². The van der Waals surface area contributed by atoms with Crippen LogP contribution in [-0.2, 0) is 15.8 Å². The first-order valence-electron chi connectivity index (χ1n) is 7.93. The minimum atomic E-state index is -3.56. The Hall–Kier alpha value is -1.54. The first-order valence-corrected chi connectivity index (χ1v) is 10.9. The maximum Gasteiger partial charge on any atom is 0.251 e. The molecule has 0 bridgehead atoms. The number of carbonyl (C=O) groups excluding carboxylic acids is 1. The molecule has 2 rings (SSSR count). The quantitative estimate of drug-likeness (QED) is 0.676. The van der Waals surface area contributed by atoms with Crippen LogP contribution in [-0.4, -0.2) is 45.0 Å². The minimum Gasteiger partial charge on any atom is -0.351 e. The van der Waals surface area contributed by atoms with Gasteiger partial charge in [0, 0.05) is 42.7 Å². The summed E-state index contributed by atoms with van der Waals surface area (Å²) < 4.78 is 25.4. The van der Waals surface area contributed by atoms with E-state index < -0.39 is 10.0 Å². The van der Waals surface area contributed by atoms with Crippen LogP contribution in [0.1, 0.15) is 15.9 Å². The Balaban J connectivity index is 1.85. The number of thioether (sulfide) groups is 1. The van der Waals surface area contributed by atoms with Crippen molar-refractivity contribution in [3.63, 3.8) is 0 Å². The summed E-state index contributed by atoms with van der Waals surface area (Å²) in [5.74, 6) is 1.27. The Morgan fingerprint density at radius 2 is 1.88 bits per heavy atom. The molecule has 2 aromatic rings. The van der Waals surface area contributed by atoms with E-state index in [4.69, 9.17) is 11.6 Å². The highest BCUT2D eigenvalue weighted by Gasteiger charge is 2.18. The van der Waals surface area contributed by atoms with Crippen molar-refractivity contribution in [2.24, 2.45) is 0 Å². The van der Waals surface area contributed by atoms with Gasteiger partial charge in [-0.25, -0.2) is 12.7 Å². The second kappa shape index (κ2) is 9.41. The van der Waals surface area contributed by atoms with Crippen molar-refractivity contribution in [1.82, 2.24) is 9.62 Å². The van der Waals surface area contributed by atoms with Gasteiger partial charge in [-0.05, 0) is 35.9 Å². The molecule has 0 aliphatic rings. The van der Waals surface area contributed by atoms with E-state index in [9.17, 15) is 13.2 Å². The Morgan fingerprint density at radius 3 is 2.58 bits per heavy atom. The predicted molar refractivity (Wildman–Crippen MR) is 107 cm³/mol. The molecular weight excluding hydrogens is 392 g/mol. The standard InChI is InChI=1S/C18H21ClN2O3S2/c1-21(2)26(23,24)17-8-4-6-15(12-17)18(22)20-9-10-25-13-14-5-3-7-16(19)11-14/h3-8,11-12H,9-10,13H2,1-2H3,(H,20,22). The minimum absolute atomic E-state index is 0.102. The van der Waals surface area contributed by atoms with Crippen LogP contribution in [0.4, 0.5) is 0 Å². The molecule has 0 aromatic heterocycles. The largest absolute Gasteiger partial charge is 0.351 e. The van der Waals surface area contributed by atoms with E-state index >= 15 is 0 Å². The van der Waals surface area contributed by atoms with Crippen LogP contribution in [0.2, 0.25) is 5.02 Å². The monoisotopic (exact) mass is 412 g/mol. The highest BCUT2D eigenvalue weighted by molar-refractivity contribution is 7.98. The lowest BCUT2D eigenvalue weighted by Crippen LogP contribution is -2.26. The second-order valence-electron chi connectivity index (χ2n) is 5.75. The number of halogens is 1. The molecule has 0 saturated carbocycles. The van der Waals surface area contributed by atoms with Gasteiger partial charge in [0.25, 0.3) is 5.91 Å². The van der Waals surface area contributed by atoms with E-state index in [0.29, 0.717) is 17.1 Å². The van der Waals surface area contributed by atoms with Gasteiger partial charge in [-0.1, -0.05) is 29.8 Å². The van der Waals surface area contributed by atoms with Gasteiger partial charge in [0.1, 0.15) is 0 Å². The van der Waals surface area contributed by atoms with Crippen molar-refractivity contribution in [3.8, 4) is 0 Å². The SMILES string of the molecule is CN(C)S(=O)(=O)c1cccc(C(=O)NCCSCc2cccc(Cl)c2)c1. The molecule has 1 N–H and O–H groups in total. The summed E-state index contributed by atoms with van der Waals surface area (Å²) in [6, 6.07) is 13.7. The van der Waals surface area contributed by atoms with Gasteiger partial charge in [-0.2, -0.15) is 11.8 Å². The van der Waals surface area contributed by atoms with Gasteiger partial charge < -0.3 is 5.32 Å². The molecule has 2 aromatic carbocycles. The molecule has 140 valence electrons. The normalized spacial score (nSPS) is 11.5. The molecule has 0 spiro atoms. The second-order valence-corrected chi connectivity index (χ2v) is 9.45. The molecule has 0 saturated heterocycles. The number of amides is 1. The molecule has 0 atom stereocenters. The Labute approximate surface area is 163 Å². The topological polar surface area (TPSA) is 66.5 Å². The number of hydrogen-bond acceptors (Lipinski definition) is 4. The van der Waals surface area contributed by atoms with Crippen LogP contribution < -0.4 is 5.32 Å². The number of nitrogens with one attached hydrogen (secondary N) is 1. The van der Waals surface area contributed by atoms with E-state index in [2.05, 4.69) is 5.32 Å². The summed E-state index contributed by atoms with van der Waals surface area (Å²) in [5, 5.41) is 3.52. The highest BCUT2D eigenvalue weighted by Crippen LogP contribution is 2.17. The van der Waals surface area contributed by atoms with Gasteiger partial charge in [0.05, 0.1) is 4.90 Å². The molecular formula is C18H21ClN2O3S2. The molecule has 8 heteroatoms. The number of carbonyl (C=O) groups is 1. The Kier molecular flexibility index (Phi) is 7.52. The Bertz CT molecular complexity index is 870. The molecule has 0 heterocycles. The van der Waals surface area contributed by atoms with Gasteiger partial charge >= 0.3 is 0 Å². The lowest BCUT2D eigenvalue weighted by molar-refractivity contribution is 0.0956. The average molecular weight is 413 g/mol. The summed E-state index contributed by atoms with van der Waals surface area (Å²) in [6.07, 6.45) is 0. The predicted octanol–water partition coefficient (Wildman–Crippen LogP) is 3.25. The fourth-order valence-corrected chi connectivity index (χ4v) is 4.13. The molecule has 1 amide bonds. The summed E-state index contributed by atoms with van der Waals surface area (Å²) in [4.78, 5) is 12.3. The van der Waals surface area contributed by atoms with E-state index in [-0.39, 0.29) is 10.8 Å². The average Bonchev–Trinajstić information content (AvgIpc) is 2.61. The van der Waals surface area contributed by atoms with Crippen molar-refractivity contribution < 1.29 is 13.2 Å². The summed E-state index contributed by atoms with van der Waals surface area (Å²) >= 11 is 7.63.